The van der Waals surface area contributed by atoms with Crippen LogP contribution in [0.1, 0.15) is 13.8 Å². The number of nitrogens with zero attached hydrogens (tertiary/aromatic N) is 1. The lowest BCUT2D eigenvalue weighted by molar-refractivity contribution is -0.138. The summed E-state index contributed by atoms with van der Waals surface area (Å²) in [6, 6.07) is 5.50. The number of nitrogens with one attached hydrogen (secondary N) is 1. The molecule has 0 aliphatic heterocycles. The van der Waals surface area contributed by atoms with E-state index in [0.717, 1.165) is 0 Å². The van der Waals surface area contributed by atoms with Crippen LogP contribution in [0.5, 0.6) is 0 Å². The Morgan fingerprint density at radius 1 is 1.42 bits per heavy atom. The van der Waals surface area contributed by atoms with E-state index in [2.05, 4.69) is 4.72 Å². The summed E-state index contributed by atoms with van der Waals surface area (Å²) in [6.45, 7) is 3.46. The number of benzene rings is 1. The molecular formula is C12H18N2O4S. The van der Waals surface area contributed by atoms with Gasteiger partial charge in [-0.2, -0.15) is 0 Å². The molecule has 0 bridgehead atoms. The maximum Gasteiger partial charge on any atom is 0.326 e. The molecule has 0 radical (unpaired) electrons. The molecule has 1 aromatic rings. The molecule has 0 fully saturated rings. The Morgan fingerprint density at radius 3 is 2.53 bits per heavy atom. The van der Waals surface area contributed by atoms with Gasteiger partial charge in [-0.15, -0.1) is 0 Å². The van der Waals surface area contributed by atoms with Crippen molar-refractivity contribution in [1.82, 2.24) is 4.72 Å². The zero-order valence-electron chi connectivity index (χ0n) is 11.1. The molecule has 1 unspecified atom stereocenters. The maximum absolute atomic E-state index is 12.1. The molecule has 19 heavy (non-hydrogen) atoms. The second-order valence-electron chi connectivity index (χ2n) is 4.09. The van der Waals surface area contributed by atoms with Gasteiger partial charge in [-0.25, -0.2) is 17.9 Å². The predicted octanol–water partition coefficient (Wildman–Crippen LogP) is 0.894. The van der Waals surface area contributed by atoms with Crippen LogP contribution in [0.2, 0.25) is 0 Å². The Balaban J connectivity index is 3.27. The summed E-state index contributed by atoms with van der Waals surface area (Å²) in [4.78, 5) is 12.5. The van der Waals surface area contributed by atoms with Gasteiger partial charge in [0.2, 0.25) is 10.0 Å². The van der Waals surface area contributed by atoms with Gasteiger partial charge in [0.25, 0.3) is 0 Å². The summed E-state index contributed by atoms with van der Waals surface area (Å²) in [6.07, 6.45) is 0. The predicted molar refractivity (Wildman–Crippen MR) is 72.8 cm³/mol. The molecule has 1 rings (SSSR count). The lowest BCUT2D eigenvalue weighted by Crippen LogP contribution is -2.37. The largest absolute Gasteiger partial charge is 0.480 e. The topological polar surface area (TPSA) is 86.7 Å². The number of sulfonamides is 1. The summed E-state index contributed by atoms with van der Waals surface area (Å²) < 4.78 is 26.5. The second kappa shape index (κ2) is 6.03. The first kappa shape index (κ1) is 15.5. The Bertz CT molecular complexity index is 557. The van der Waals surface area contributed by atoms with Crippen molar-refractivity contribution in [1.29, 1.82) is 0 Å². The molecule has 0 aliphatic carbocycles. The zero-order chi connectivity index (χ0) is 14.6. The van der Waals surface area contributed by atoms with Gasteiger partial charge in [-0.3, -0.25) is 0 Å². The van der Waals surface area contributed by atoms with Crippen LogP contribution in [-0.4, -0.2) is 39.1 Å². The van der Waals surface area contributed by atoms with Crippen LogP contribution in [0.4, 0.5) is 5.69 Å². The van der Waals surface area contributed by atoms with E-state index in [1.807, 2.05) is 0 Å². The Hall–Kier alpha value is -1.60. The van der Waals surface area contributed by atoms with Crippen molar-refractivity contribution in [3.05, 3.63) is 24.3 Å². The molecule has 0 spiro atoms. The minimum absolute atomic E-state index is 0.0763. The fourth-order valence-corrected chi connectivity index (χ4v) is 2.90. The number of carboxylic acid groups (broad SMARTS) is 1. The first-order valence-electron chi connectivity index (χ1n) is 5.85. The summed E-state index contributed by atoms with van der Waals surface area (Å²) in [5.41, 5.74) is 0.360. The minimum atomic E-state index is -3.63. The van der Waals surface area contributed by atoms with E-state index in [1.54, 1.807) is 32.2 Å². The number of likely N-dealkylation sites (N-methyl/N-ethyl adjacent to an activating group) is 1. The molecule has 1 aromatic carbocycles. The van der Waals surface area contributed by atoms with Gasteiger partial charge in [0, 0.05) is 13.6 Å². The van der Waals surface area contributed by atoms with Crippen molar-refractivity contribution >= 4 is 21.7 Å². The van der Waals surface area contributed by atoms with Crippen molar-refractivity contribution in [2.24, 2.45) is 0 Å². The maximum atomic E-state index is 12.1. The van der Waals surface area contributed by atoms with Crippen LogP contribution in [0.25, 0.3) is 0 Å². The first-order valence-corrected chi connectivity index (χ1v) is 7.34. The van der Waals surface area contributed by atoms with Crippen LogP contribution in [0, 0.1) is 0 Å². The van der Waals surface area contributed by atoms with Crippen molar-refractivity contribution in [3.8, 4) is 0 Å². The third-order valence-electron chi connectivity index (χ3n) is 2.81. The van der Waals surface area contributed by atoms with Crippen LogP contribution in [0.3, 0.4) is 0 Å². The van der Waals surface area contributed by atoms with Crippen LogP contribution >= 0.6 is 0 Å². The Kier molecular flexibility index (Phi) is 4.90. The number of hydrogen-bond acceptors (Lipinski definition) is 4. The standard InChI is InChI=1S/C12H18N2O4S/c1-4-13-19(17,18)11-8-6-5-7-10(11)14(3)9(2)12(15)16/h5-9,13H,4H2,1-3H3,(H,15,16). The van der Waals surface area contributed by atoms with E-state index in [4.69, 9.17) is 5.11 Å². The van der Waals surface area contributed by atoms with Gasteiger partial charge in [0.05, 0.1) is 5.69 Å². The van der Waals surface area contributed by atoms with Gasteiger partial charge >= 0.3 is 5.97 Å². The second-order valence-corrected chi connectivity index (χ2v) is 5.83. The molecule has 1 atom stereocenters. The molecule has 0 aliphatic rings. The van der Waals surface area contributed by atoms with E-state index < -0.39 is 22.0 Å². The number of hydrogen-bond donors (Lipinski definition) is 2. The fraction of sp³-hybridized carbons (Fsp3) is 0.417. The average Bonchev–Trinajstić information content (AvgIpc) is 2.36. The summed E-state index contributed by atoms with van der Waals surface area (Å²) >= 11 is 0. The molecule has 7 heteroatoms. The molecule has 0 heterocycles. The van der Waals surface area contributed by atoms with E-state index in [0.29, 0.717) is 5.69 Å². The molecular weight excluding hydrogens is 268 g/mol. The average molecular weight is 286 g/mol. The quantitative estimate of drug-likeness (QED) is 0.811. The zero-order valence-corrected chi connectivity index (χ0v) is 11.9. The van der Waals surface area contributed by atoms with Gasteiger partial charge in [0.1, 0.15) is 10.9 Å². The van der Waals surface area contributed by atoms with Gasteiger partial charge in [-0.1, -0.05) is 19.1 Å². The van der Waals surface area contributed by atoms with Gasteiger partial charge < -0.3 is 10.0 Å². The Labute approximate surface area is 113 Å². The first-order chi connectivity index (χ1) is 8.81. The third kappa shape index (κ3) is 3.45. The van der Waals surface area contributed by atoms with E-state index in [9.17, 15) is 13.2 Å². The summed E-state index contributed by atoms with van der Waals surface area (Å²) in [5.74, 6) is -1.02. The highest BCUT2D eigenvalue weighted by Crippen LogP contribution is 2.25. The lowest BCUT2D eigenvalue weighted by atomic mass is 10.2. The smallest absolute Gasteiger partial charge is 0.326 e. The number of para-hydroxylation sites is 1. The number of carbonyl (C=O) groups is 1. The van der Waals surface area contributed by atoms with Crippen LogP contribution in [0.15, 0.2) is 29.2 Å². The van der Waals surface area contributed by atoms with Gasteiger partial charge in [0.15, 0.2) is 0 Å². The molecule has 6 nitrogen and oxygen atoms in total. The van der Waals surface area contributed by atoms with E-state index in [1.165, 1.54) is 17.9 Å². The molecule has 2 N–H and O–H groups in total. The molecule has 106 valence electrons. The van der Waals surface area contributed by atoms with Crippen molar-refractivity contribution in [2.45, 2.75) is 24.8 Å². The molecule has 0 aromatic heterocycles. The highest BCUT2D eigenvalue weighted by atomic mass is 32.2. The van der Waals surface area contributed by atoms with E-state index in [-0.39, 0.29) is 11.4 Å². The SMILES string of the molecule is CCNS(=O)(=O)c1ccccc1N(C)C(C)C(=O)O. The highest BCUT2D eigenvalue weighted by molar-refractivity contribution is 7.89. The molecule has 0 saturated heterocycles. The molecule has 0 amide bonds. The number of carboxylic acids is 1. The van der Waals surface area contributed by atoms with Crippen molar-refractivity contribution in [3.63, 3.8) is 0 Å². The highest BCUT2D eigenvalue weighted by Gasteiger charge is 2.24. The summed E-state index contributed by atoms with van der Waals surface area (Å²) in [7, 11) is -2.08. The summed E-state index contributed by atoms with van der Waals surface area (Å²) in [5, 5.41) is 9.00. The Morgan fingerprint density at radius 2 is 2.00 bits per heavy atom. The third-order valence-corrected chi connectivity index (χ3v) is 4.40. The number of aliphatic carboxylic acids is 1. The van der Waals surface area contributed by atoms with E-state index >= 15 is 0 Å². The van der Waals surface area contributed by atoms with Crippen LogP contribution < -0.4 is 9.62 Å². The minimum Gasteiger partial charge on any atom is -0.480 e. The molecule has 0 saturated carbocycles. The van der Waals surface area contributed by atoms with Crippen LogP contribution in [-0.2, 0) is 14.8 Å². The number of anilines is 1. The fourth-order valence-electron chi connectivity index (χ4n) is 1.62. The number of rotatable bonds is 6. The normalized spacial score (nSPS) is 13.0. The monoisotopic (exact) mass is 286 g/mol. The van der Waals surface area contributed by atoms with Crippen molar-refractivity contribution in [2.75, 3.05) is 18.5 Å². The van der Waals surface area contributed by atoms with Gasteiger partial charge in [-0.05, 0) is 19.1 Å². The lowest BCUT2D eigenvalue weighted by Gasteiger charge is -2.25. The van der Waals surface area contributed by atoms with Crippen molar-refractivity contribution < 1.29 is 18.3 Å².